The lowest BCUT2D eigenvalue weighted by Gasteiger charge is -2.42. The molecule has 1 fully saturated rings. The van der Waals surface area contributed by atoms with Crippen LogP contribution in [0.1, 0.15) is 44.5 Å². The number of pyridine rings is 1. The van der Waals surface area contributed by atoms with Crippen LogP contribution in [0.25, 0.3) is 0 Å². The number of nitrogens with zero attached hydrogens (tertiary/aromatic N) is 4. The minimum Gasteiger partial charge on any atom is -0.489 e. The van der Waals surface area contributed by atoms with Crippen molar-refractivity contribution < 1.29 is 27.8 Å². The van der Waals surface area contributed by atoms with Gasteiger partial charge in [-0.2, -0.15) is 18.2 Å². The van der Waals surface area contributed by atoms with Gasteiger partial charge in [0.25, 0.3) is 0 Å². The number of amides is 1. The molecule has 2 aromatic rings. The first-order chi connectivity index (χ1) is 15.9. The lowest BCUT2D eigenvalue weighted by molar-refractivity contribution is -0.141. The van der Waals surface area contributed by atoms with Gasteiger partial charge in [-0.1, -0.05) is 6.92 Å². The molecule has 1 aliphatic heterocycles. The van der Waals surface area contributed by atoms with Gasteiger partial charge < -0.3 is 25.4 Å². The molecule has 2 aromatic heterocycles. The number of likely N-dealkylation sites (N-methyl/N-ethyl adjacent to an activating group) is 1. The average Bonchev–Trinajstić information content (AvgIpc) is 2.73. The van der Waals surface area contributed by atoms with Gasteiger partial charge in [0.15, 0.2) is 5.82 Å². The molecule has 184 valence electrons. The minimum atomic E-state index is -4.49. The van der Waals surface area contributed by atoms with Crippen molar-refractivity contribution in [3.63, 3.8) is 0 Å². The molecule has 3 heterocycles. The number of aryl methyl sites for hydroxylation is 1. The van der Waals surface area contributed by atoms with Crippen molar-refractivity contribution in [2.24, 2.45) is 0 Å². The third-order valence-corrected chi connectivity index (χ3v) is 6.35. The van der Waals surface area contributed by atoms with E-state index < -0.39 is 23.5 Å². The molecular weight excluding hydrogens is 453 g/mol. The molecule has 2 aliphatic rings. The molecule has 0 radical (unpaired) electrons. The van der Waals surface area contributed by atoms with Crippen LogP contribution in [0.15, 0.2) is 18.3 Å². The summed E-state index contributed by atoms with van der Waals surface area (Å²) in [4.78, 5) is 26.7. The Bertz CT molecular complexity index is 1070. The molecule has 2 atom stereocenters. The summed E-state index contributed by atoms with van der Waals surface area (Å²) in [6.07, 6.45) is -1.97. The minimum absolute atomic E-state index is 0.0166. The fourth-order valence-electron chi connectivity index (χ4n) is 4.18. The molecule has 34 heavy (non-hydrogen) atoms. The molecule has 12 heteroatoms. The predicted octanol–water partition coefficient (Wildman–Crippen LogP) is 3.14. The summed E-state index contributed by atoms with van der Waals surface area (Å²) < 4.78 is 43.6. The van der Waals surface area contributed by atoms with Crippen LogP contribution in [-0.4, -0.2) is 56.8 Å². The number of hydrogen-bond acceptors (Lipinski definition) is 8. The van der Waals surface area contributed by atoms with E-state index in [0.717, 1.165) is 12.3 Å². The summed E-state index contributed by atoms with van der Waals surface area (Å²) in [7, 11) is 1.72. The van der Waals surface area contributed by atoms with E-state index in [2.05, 4.69) is 25.6 Å². The second-order valence-corrected chi connectivity index (χ2v) is 8.97. The van der Waals surface area contributed by atoms with Crippen molar-refractivity contribution in [3.8, 4) is 5.75 Å². The Morgan fingerprint density at radius 2 is 2.00 bits per heavy atom. The van der Waals surface area contributed by atoms with Crippen LogP contribution >= 0.6 is 0 Å². The van der Waals surface area contributed by atoms with Crippen LogP contribution in [0.5, 0.6) is 5.75 Å². The molecule has 2 unspecified atom stereocenters. The number of anilines is 3. The van der Waals surface area contributed by atoms with Crippen molar-refractivity contribution in [2.75, 3.05) is 22.6 Å². The first-order valence-electron chi connectivity index (χ1n) is 11.0. The number of hydrogen-bond donors (Lipinski definition) is 3. The van der Waals surface area contributed by atoms with Crippen LogP contribution in [0.2, 0.25) is 0 Å². The number of aliphatic hydroxyl groups is 1. The molecule has 0 saturated heterocycles. The van der Waals surface area contributed by atoms with Crippen LogP contribution in [0.3, 0.4) is 0 Å². The van der Waals surface area contributed by atoms with Crippen molar-refractivity contribution in [3.05, 3.63) is 29.7 Å². The highest BCUT2D eigenvalue weighted by Gasteiger charge is 2.44. The highest BCUT2D eigenvalue weighted by molar-refractivity contribution is 6.04. The molecule has 1 saturated carbocycles. The van der Waals surface area contributed by atoms with Crippen LogP contribution in [-0.2, 0) is 11.0 Å². The van der Waals surface area contributed by atoms with Crippen molar-refractivity contribution >= 4 is 23.4 Å². The fourth-order valence-corrected chi connectivity index (χ4v) is 4.18. The number of ether oxygens (including phenoxy) is 1. The smallest absolute Gasteiger partial charge is 0.433 e. The Morgan fingerprint density at radius 1 is 1.29 bits per heavy atom. The first kappa shape index (κ1) is 24.0. The Hall–Kier alpha value is -3.15. The highest BCUT2D eigenvalue weighted by Crippen LogP contribution is 2.37. The second-order valence-electron chi connectivity index (χ2n) is 8.97. The van der Waals surface area contributed by atoms with Crippen LogP contribution in [0, 0.1) is 6.92 Å². The van der Waals surface area contributed by atoms with Gasteiger partial charge in [0.2, 0.25) is 11.9 Å². The maximum atomic E-state index is 12.6. The molecule has 1 amide bonds. The number of fused-ring (bicyclic) bond motifs is 1. The van der Waals surface area contributed by atoms with Crippen molar-refractivity contribution in [1.82, 2.24) is 15.0 Å². The van der Waals surface area contributed by atoms with Gasteiger partial charge in [-0.3, -0.25) is 4.79 Å². The molecule has 1 aliphatic carbocycles. The van der Waals surface area contributed by atoms with E-state index in [0.29, 0.717) is 42.4 Å². The zero-order valence-electron chi connectivity index (χ0n) is 19.3. The zero-order valence-corrected chi connectivity index (χ0v) is 19.3. The number of carbonyl (C=O) groups is 1. The molecule has 0 aromatic carbocycles. The number of halogens is 3. The van der Waals surface area contributed by atoms with Crippen molar-refractivity contribution in [2.45, 2.75) is 70.0 Å². The topological polar surface area (TPSA) is 112 Å². The number of rotatable bonds is 6. The van der Waals surface area contributed by atoms with Gasteiger partial charge in [-0.05, 0) is 32.4 Å². The summed E-state index contributed by atoms with van der Waals surface area (Å²) in [6.45, 7) is 5.19. The normalized spacial score (nSPS) is 23.9. The Balaban J connectivity index is 1.40. The molecule has 0 spiro atoms. The third-order valence-electron chi connectivity index (χ3n) is 6.35. The highest BCUT2D eigenvalue weighted by atomic mass is 19.4. The van der Waals surface area contributed by atoms with Gasteiger partial charge in [-0.25, -0.2) is 9.97 Å². The first-order valence-corrected chi connectivity index (χ1v) is 11.0. The third kappa shape index (κ3) is 4.59. The number of aromatic nitrogens is 3. The van der Waals surface area contributed by atoms with E-state index in [1.54, 1.807) is 25.8 Å². The molecular formula is C22H27F3N6O3. The summed E-state index contributed by atoms with van der Waals surface area (Å²) in [5.41, 5.74) is -1.11. The van der Waals surface area contributed by atoms with Gasteiger partial charge in [0.1, 0.15) is 29.3 Å². The van der Waals surface area contributed by atoms with Crippen LogP contribution < -0.4 is 20.3 Å². The van der Waals surface area contributed by atoms with Gasteiger partial charge in [0.05, 0.1) is 17.5 Å². The molecule has 9 nitrogen and oxygen atoms in total. The quantitative estimate of drug-likeness (QED) is 0.578. The Morgan fingerprint density at radius 3 is 2.59 bits per heavy atom. The Kier molecular flexibility index (Phi) is 6.05. The van der Waals surface area contributed by atoms with E-state index in [-0.39, 0.29) is 23.8 Å². The lowest BCUT2D eigenvalue weighted by Crippen LogP contribution is -2.59. The van der Waals surface area contributed by atoms with E-state index in [1.807, 2.05) is 6.92 Å². The van der Waals surface area contributed by atoms with Gasteiger partial charge in [0, 0.05) is 25.9 Å². The summed E-state index contributed by atoms with van der Waals surface area (Å²) in [5, 5.41) is 16.8. The standard InChI is InChI=1S/C22H27F3N6O3/c1-5-21(3,33)17-19(32)29-16-11(2)27-20(30-18(16)31(17)4)28-12-8-14(9-12)34-13-6-7-15(26-10-13)22(23,24)25/h6-7,10,12,14,17,33H,5,8-9H2,1-4H3,(H,29,32)(H,27,28,30). The zero-order chi connectivity index (χ0) is 24.8. The SMILES string of the molecule is CCC(C)(O)C1C(=O)Nc2c(C)nc(NC3CC(Oc4ccc(C(F)(F)F)nc4)C3)nc2N1C. The van der Waals surface area contributed by atoms with Crippen molar-refractivity contribution in [1.29, 1.82) is 0 Å². The van der Waals surface area contributed by atoms with E-state index >= 15 is 0 Å². The second kappa shape index (κ2) is 8.57. The molecule has 4 rings (SSSR count). The van der Waals surface area contributed by atoms with Crippen LogP contribution in [0.4, 0.5) is 30.6 Å². The van der Waals surface area contributed by atoms with E-state index in [4.69, 9.17) is 4.74 Å². The summed E-state index contributed by atoms with van der Waals surface area (Å²) >= 11 is 0. The maximum absolute atomic E-state index is 12.6. The van der Waals surface area contributed by atoms with E-state index in [9.17, 15) is 23.1 Å². The number of alkyl halides is 3. The number of carbonyl (C=O) groups excluding carboxylic acids is 1. The predicted molar refractivity (Wildman–Crippen MR) is 119 cm³/mol. The maximum Gasteiger partial charge on any atom is 0.433 e. The number of nitrogens with one attached hydrogen (secondary N) is 2. The molecule has 0 bridgehead atoms. The van der Waals surface area contributed by atoms with E-state index in [1.165, 1.54) is 6.07 Å². The fraction of sp³-hybridized carbons (Fsp3) is 0.545. The largest absolute Gasteiger partial charge is 0.489 e. The van der Waals surface area contributed by atoms with Gasteiger partial charge in [-0.15, -0.1) is 0 Å². The summed E-state index contributed by atoms with van der Waals surface area (Å²) in [6, 6.07) is 1.37. The Labute approximate surface area is 194 Å². The lowest BCUT2D eigenvalue weighted by atomic mass is 9.89. The summed E-state index contributed by atoms with van der Waals surface area (Å²) in [5.74, 6) is 0.861. The van der Waals surface area contributed by atoms with Gasteiger partial charge >= 0.3 is 6.18 Å². The average molecular weight is 480 g/mol. The molecule has 3 N–H and O–H groups in total. The monoisotopic (exact) mass is 480 g/mol.